The first kappa shape index (κ1) is 26.3. The third kappa shape index (κ3) is 5.81. The number of alkyl halides is 2. The molecule has 196 valence electrons. The SMILES string of the molecule is COc1cc(-c2cnc3cc(C(C)(C)C#N)ccn23)cc(OC(F)F)c1C(=O)NCCN1CCOCC1. The molecule has 1 aliphatic rings. The lowest BCUT2D eigenvalue weighted by molar-refractivity contribution is -0.0502. The molecule has 1 aliphatic heterocycles. The van der Waals surface area contributed by atoms with Gasteiger partial charge in [0.1, 0.15) is 22.7 Å². The number of imidazole rings is 1. The van der Waals surface area contributed by atoms with Crippen LogP contribution < -0.4 is 14.8 Å². The average Bonchev–Trinajstić information content (AvgIpc) is 3.32. The van der Waals surface area contributed by atoms with Gasteiger partial charge in [0.25, 0.3) is 5.91 Å². The van der Waals surface area contributed by atoms with E-state index in [1.54, 1.807) is 28.9 Å². The molecule has 1 amide bonds. The van der Waals surface area contributed by atoms with Crippen LogP contribution in [0, 0.1) is 11.3 Å². The number of nitrogens with zero attached hydrogens (tertiary/aromatic N) is 4. The molecule has 3 aromatic rings. The van der Waals surface area contributed by atoms with Gasteiger partial charge >= 0.3 is 6.61 Å². The van der Waals surface area contributed by atoms with Crippen molar-refractivity contribution in [2.75, 3.05) is 46.5 Å². The number of halogens is 2. The van der Waals surface area contributed by atoms with E-state index in [2.05, 4.69) is 21.3 Å². The Balaban J connectivity index is 1.66. The Kier molecular flexibility index (Phi) is 7.90. The molecule has 0 saturated carbocycles. The van der Waals surface area contributed by atoms with Crippen molar-refractivity contribution in [3.8, 4) is 28.8 Å². The molecule has 0 atom stereocenters. The predicted molar refractivity (Wildman–Crippen MR) is 132 cm³/mol. The number of carbonyl (C=O) groups is 1. The molecule has 3 heterocycles. The fourth-order valence-corrected chi connectivity index (χ4v) is 4.20. The topological polar surface area (TPSA) is 101 Å². The Morgan fingerprint density at radius 1 is 1.27 bits per heavy atom. The zero-order valence-electron chi connectivity index (χ0n) is 21.0. The van der Waals surface area contributed by atoms with Gasteiger partial charge in [0.05, 0.1) is 43.7 Å². The van der Waals surface area contributed by atoms with Crippen molar-refractivity contribution in [3.05, 3.63) is 47.8 Å². The Morgan fingerprint density at radius 3 is 2.68 bits per heavy atom. The summed E-state index contributed by atoms with van der Waals surface area (Å²) >= 11 is 0. The number of aromatic nitrogens is 2. The minimum Gasteiger partial charge on any atom is -0.496 e. The van der Waals surface area contributed by atoms with Gasteiger partial charge in [0, 0.05) is 37.9 Å². The molecule has 0 radical (unpaired) electrons. The normalized spacial score (nSPS) is 14.5. The van der Waals surface area contributed by atoms with Crippen molar-refractivity contribution in [1.82, 2.24) is 19.6 Å². The molecule has 1 fully saturated rings. The number of rotatable bonds is 9. The lowest BCUT2D eigenvalue weighted by atomic mass is 9.87. The van der Waals surface area contributed by atoms with E-state index in [0.717, 1.165) is 18.7 Å². The summed E-state index contributed by atoms with van der Waals surface area (Å²) in [6.45, 7) is 4.22. The van der Waals surface area contributed by atoms with E-state index in [0.29, 0.717) is 43.2 Å². The minimum atomic E-state index is -3.14. The summed E-state index contributed by atoms with van der Waals surface area (Å²) in [6, 6.07) is 8.84. The lowest BCUT2D eigenvalue weighted by Crippen LogP contribution is -2.41. The van der Waals surface area contributed by atoms with Crippen molar-refractivity contribution in [2.45, 2.75) is 25.9 Å². The van der Waals surface area contributed by atoms with Gasteiger partial charge in [-0.15, -0.1) is 0 Å². The van der Waals surface area contributed by atoms with Gasteiger partial charge in [-0.25, -0.2) is 4.98 Å². The van der Waals surface area contributed by atoms with E-state index >= 15 is 0 Å². The number of amides is 1. The number of methoxy groups -OCH3 is 1. The number of pyridine rings is 1. The van der Waals surface area contributed by atoms with E-state index in [-0.39, 0.29) is 17.1 Å². The molecule has 37 heavy (non-hydrogen) atoms. The van der Waals surface area contributed by atoms with Crippen molar-refractivity contribution in [3.63, 3.8) is 0 Å². The van der Waals surface area contributed by atoms with Crippen LogP contribution >= 0.6 is 0 Å². The third-order valence-electron chi connectivity index (χ3n) is 6.36. The van der Waals surface area contributed by atoms with Crippen LogP contribution in [0.15, 0.2) is 36.7 Å². The number of carbonyl (C=O) groups excluding carboxylic acids is 1. The maximum atomic E-state index is 13.4. The van der Waals surface area contributed by atoms with Crippen LogP contribution in [0.3, 0.4) is 0 Å². The zero-order chi connectivity index (χ0) is 26.6. The number of fused-ring (bicyclic) bond motifs is 1. The van der Waals surface area contributed by atoms with Crippen LogP contribution in [-0.4, -0.2) is 73.3 Å². The Morgan fingerprint density at radius 2 is 2.00 bits per heavy atom. The highest BCUT2D eigenvalue weighted by molar-refractivity contribution is 6.00. The summed E-state index contributed by atoms with van der Waals surface area (Å²) in [7, 11) is 1.36. The molecule has 4 rings (SSSR count). The first-order chi connectivity index (χ1) is 17.7. The molecule has 0 bridgehead atoms. The summed E-state index contributed by atoms with van der Waals surface area (Å²) in [4.78, 5) is 19.6. The van der Waals surface area contributed by atoms with E-state index in [4.69, 9.17) is 14.2 Å². The maximum absolute atomic E-state index is 13.4. The Hall–Kier alpha value is -3.75. The number of ether oxygens (including phenoxy) is 3. The van der Waals surface area contributed by atoms with Crippen LogP contribution in [0.1, 0.15) is 29.8 Å². The van der Waals surface area contributed by atoms with E-state index < -0.39 is 17.9 Å². The molecule has 0 unspecified atom stereocenters. The second-order valence-corrected chi connectivity index (χ2v) is 9.16. The van der Waals surface area contributed by atoms with Crippen molar-refractivity contribution in [2.24, 2.45) is 0 Å². The highest BCUT2D eigenvalue weighted by Gasteiger charge is 2.25. The number of morpholine rings is 1. The molecule has 1 saturated heterocycles. The van der Waals surface area contributed by atoms with E-state index in [1.807, 2.05) is 19.9 Å². The summed E-state index contributed by atoms with van der Waals surface area (Å²) in [5.74, 6) is -0.784. The highest BCUT2D eigenvalue weighted by Crippen LogP contribution is 2.36. The number of benzene rings is 1. The predicted octanol–water partition coefficient (Wildman–Crippen LogP) is 3.47. The molecular weight excluding hydrogens is 484 g/mol. The van der Waals surface area contributed by atoms with Crippen molar-refractivity contribution in [1.29, 1.82) is 5.26 Å². The molecular formula is C26H29F2N5O4. The van der Waals surface area contributed by atoms with Crippen molar-refractivity contribution < 1.29 is 27.8 Å². The van der Waals surface area contributed by atoms with Crippen LogP contribution in [0.2, 0.25) is 0 Å². The molecule has 1 aromatic carbocycles. The largest absolute Gasteiger partial charge is 0.496 e. The standard InChI is InChI=1S/C26H29F2N5O4/c1-26(2,16-29)18-4-6-33-19(15-31-22(33)14-18)17-12-20(35-3)23(21(13-17)37-25(27)28)24(34)30-5-7-32-8-10-36-11-9-32/h4,6,12-15,25H,5,7-11H2,1-3H3,(H,30,34). The molecule has 11 heteroatoms. The maximum Gasteiger partial charge on any atom is 0.387 e. The fourth-order valence-electron chi connectivity index (χ4n) is 4.20. The van der Waals surface area contributed by atoms with Gasteiger partial charge < -0.3 is 19.5 Å². The van der Waals surface area contributed by atoms with E-state index in [1.165, 1.54) is 13.2 Å². The monoisotopic (exact) mass is 513 g/mol. The summed E-state index contributed by atoms with van der Waals surface area (Å²) in [5.41, 5.74) is 1.61. The van der Waals surface area contributed by atoms with Gasteiger partial charge in [0.15, 0.2) is 0 Å². The van der Waals surface area contributed by atoms with Crippen LogP contribution in [-0.2, 0) is 10.2 Å². The summed E-state index contributed by atoms with van der Waals surface area (Å²) < 4.78 is 44.0. The second-order valence-electron chi connectivity index (χ2n) is 9.16. The van der Waals surface area contributed by atoms with Crippen LogP contribution in [0.5, 0.6) is 11.5 Å². The fraction of sp³-hybridized carbons (Fsp3) is 0.423. The van der Waals surface area contributed by atoms with Gasteiger partial charge in [-0.05, 0) is 43.7 Å². The minimum absolute atomic E-state index is 0.0919. The molecule has 2 aromatic heterocycles. The molecule has 0 spiro atoms. The smallest absolute Gasteiger partial charge is 0.387 e. The highest BCUT2D eigenvalue weighted by atomic mass is 19.3. The Bertz CT molecular complexity index is 1310. The van der Waals surface area contributed by atoms with Gasteiger partial charge in [-0.1, -0.05) is 0 Å². The quantitative estimate of drug-likeness (QED) is 0.468. The Labute approximate surface area is 213 Å². The molecule has 9 nitrogen and oxygen atoms in total. The number of nitriles is 1. The van der Waals surface area contributed by atoms with Gasteiger partial charge in [-0.2, -0.15) is 14.0 Å². The lowest BCUT2D eigenvalue weighted by Gasteiger charge is -2.26. The van der Waals surface area contributed by atoms with Gasteiger partial charge in [0.2, 0.25) is 0 Å². The second kappa shape index (κ2) is 11.1. The van der Waals surface area contributed by atoms with Gasteiger partial charge in [-0.3, -0.25) is 14.1 Å². The first-order valence-electron chi connectivity index (χ1n) is 11.9. The first-order valence-corrected chi connectivity index (χ1v) is 11.9. The molecule has 0 aliphatic carbocycles. The van der Waals surface area contributed by atoms with Crippen molar-refractivity contribution >= 4 is 11.6 Å². The van der Waals surface area contributed by atoms with E-state index in [9.17, 15) is 18.8 Å². The summed E-state index contributed by atoms with van der Waals surface area (Å²) in [6.07, 6.45) is 3.35. The molecule has 1 N–H and O–H groups in total. The summed E-state index contributed by atoms with van der Waals surface area (Å²) in [5, 5.41) is 12.2. The zero-order valence-corrected chi connectivity index (χ0v) is 21.0. The number of nitrogens with one attached hydrogen (secondary N) is 1. The van der Waals surface area contributed by atoms with Crippen LogP contribution in [0.4, 0.5) is 8.78 Å². The third-order valence-corrected chi connectivity index (χ3v) is 6.36. The average molecular weight is 514 g/mol. The number of hydrogen-bond donors (Lipinski definition) is 1. The number of hydrogen-bond acceptors (Lipinski definition) is 7. The van der Waals surface area contributed by atoms with Crippen LogP contribution in [0.25, 0.3) is 16.9 Å².